The maximum absolute atomic E-state index is 11.7. The average Bonchev–Trinajstić information content (AvgIpc) is 2.96. The molecule has 2 atom stereocenters. The zero-order valence-corrected chi connectivity index (χ0v) is 10.0. The minimum atomic E-state index is 0.00448. The highest BCUT2D eigenvalue weighted by Crippen LogP contribution is 2.30. The van der Waals surface area contributed by atoms with Crippen molar-refractivity contribution in [2.45, 2.75) is 19.3 Å². The third-order valence-corrected chi connectivity index (χ3v) is 4.04. The lowest BCUT2D eigenvalue weighted by atomic mass is 9.97. The van der Waals surface area contributed by atoms with Crippen molar-refractivity contribution in [1.29, 1.82) is 0 Å². The van der Waals surface area contributed by atoms with Crippen LogP contribution in [0.5, 0.6) is 0 Å². The van der Waals surface area contributed by atoms with E-state index in [1.807, 2.05) is 16.8 Å². The molecule has 2 N–H and O–H groups in total. The van der Waals surface area contributed by atoms with Crippen LogP contribution in [-0.4, -0.2) is 24.2 Å². The second kappa shape index (κ2) is 5.46. The van der Waals surface area contributed by atoms with E-state index in [4.69, 9.17) is 0 Å². The fourth-order valence-corrected chi connectivity index (χ4v) is 2.98. The lowest BCUT2D eigenvalue weighted by molar-refractivity contribution is 0.0938. The maximum atomic E-state index is 11.7. The fraction of sp³-hybridized carbons (Fsp3) is 0.583. The Hall–Kier alpha value is -0.870. The van der Waals surface area contributed by atoms with E-state index in [0.29, 0.717) is 18.4 Å². The maximum Gasteiger partial charge on any atom is 0.252 e. The SMILES string of the molecule is O=C(NCC1CCCC1CO)c1ccsc1. The smallest absolute Gasteiger partial charge is 0.252 e. The zero-order chi connectivity index (χ0) is 11.4. The molecule has 2 rings (SSSR count). The topological polar surface area (TPSA) is 49.3 Å². The predicted octanol–water partition coefficient (Wildman–Crippen LogP) is 1.89. The van der Waals surface area contributed by atoms with Crippen LogP contribution in [0.4, 0.5) is 0 Å². The van der Waals surface area contributed by atoms with E-state index in [1.54, 1.807) is 0 Å². The number of carbonyl (C=O) groups excluding carboxylic acids is 1. The number of rotatable bonds is 4. The normalized spacial score (nSPS) is 24.6. The molecule has 88 valence electrons. The van der Waals surface area contributed by atoms with E-state index in [0.717, 1.165) is 18.4 Å². The van der Waals surface area contributed by atoms with Gasteiger partial charge in [0.2, 0.25) is 0 Å². The first-order valence-corrected chi connectivity index (χ1v) is 6.67. The summed E-state index contributed by atoms with van der Waals surface area (Å²) in [5, 5.41) is 15.9. The fourth-order valence-electron chi connectivity index (χ4n) is 2.34. The lowest BCUT2D eigenvalue weighted by Crippen LogP contribution is -2.31. The molecule has 1 aliphatic carbocycles. The number of aliphatic hydroxyl groups excluding tert-OH is 1. The molecule has 1 fully saturated rings. The van der Waals surface area contributed by atoms with Crippen LogP contribution >= 0.6 is 11.3 Å². The molecule has 0 aromatic carbocycles. The van der Waals surface area contributed by atoms with Gasteiger partial charge in [0.25, 0.3) is 5.91 Å². The van der Waals surface area contributed by atoms with Crippen molar-refractivity contribution in [1.82, 2.24) is 5.32 Å². The van der Waals surface area contributed by atoms with Gasteiger partial charge in [0.15, 0.2) is 0 Å². The van der Waals surface area contributed by atoms with E-state index in [-0.39, 0.29) is 12.5 Å². The minimum absolute atomic E-state index is 0.00448. The van der Waals surface area contributed by atoms with Gasteiger partial charge in [-0.3, -0.25) is 4.79 Å². The highest BCUT2D eigenvalue weighted by molar-refractivity contribution is 7.08. The van der Waals surface area contributed by atoms with E-state index < -0.39 is 0 Å². The van der Waals surface area contributed by atoms with Gasteiger partial charge < -0.3 is 10.4 Å². The lowest BCUT2D eigenvalue weighted by Gasteiger charge is -2.17. The molecule has 1 aromatic heterocycles. The van der Waals surface area contributed by atoms with Crippen LogP contribution in [0.1, 0.15) is 29.6 Å². The third-order valence-electron chi connectivity index (χ3n) is 3.36. The summed E-state index contributed by atoms with van der Waals surface area (Å²) in [6, 6.07) is 1.83. The van der Waals surface area contributed by atoms with Crippen molar-refractivity contribution in [2.24, 2.45) is 11.8 Å². The van der Waals surface area contributed by atoms with E-state index in [9.17, 15) is 9.90 Å². The highest BCUT2D eigenvalue weighted by atomic mass is 32.1. The molecule has 1 heterocycles. The molecule has 0 radical (unpaired) electrons. The molecule has 0 aliphatic heterocycles. The second-order valence-corrected chi connectivity index (χ2v) is 5.14. The number of hydrogen-bond acceptors (Lipinski definition) is 3. The number of thiophene rings is 1. The molecule has 16 heavy (non-hydrogen) atoms. The molecule has 1 saturated carbocycles. The first-order chi connectivity index (χ1) is 7.81. The van der Waals surface area contributed by atoms with Crippen molar-refractivity contribution in [3.63, 3.8) is 0 Å². The Morgan fingerprint density at radius 1 is 1.50 bits per heavy atom. The van der Waals surface area contributed by atoms with Crippen LogP contribution in [0.2, 0.25) is 0 Å². The summed E-state index contributed by atoms with van der Waals surface area (Å²) >= 11 is 1.53. The number of nitrogens with one attached hydrogen (secondary N) is 1. The average molecular weight is 239 g/mol. The van der Waals surface area contributed by atoms with Crippen molar-refractivity contribution >= 4 is 17.2 Å². The molecule has 1 amide bonds. The Balaban J connectivity index is 1.81. The van der Waals surface area contributed by atoms with Gasteiger partial charge in [-0.1, -0.05) is 6.42 Å². The quantitative estimate of drug-likeness (QED) is 0.843. The largest absolute Gasteiger partial charge is 0.396 e. The van der Waals surface area contributed by atoms with Crippen LogP contribution in [0.15, 0.2) is 16.8 Å². The molecule has 2 unspecified atom stereocenters. The minimum Gasteiger partial charge on any atom is -0.396 e. The van der Waals surface area contributed by atoms with Crippen molar-refractivity contribution < 1.29 is 9.90 Å². The standard InChI is InChI=1S/C12H17NO2S/c14-7-10-3-1-2-9(10)6-13-12(15)11-4-5-16-8-11/h4-5,8-10,14H,1-3,6-7H2,(H,13,15). The molecular weight excluding hydrogens is 222 g/mol. The highest BCUT2D eigenvalue weighted by Gasteiger charge is 2.26. The first kappa shape index (κ1) is 11.6. The van der Waals surface area contributed by atoms with Gasteiger partial charge in [0.05, 0.1) is 0 Å². The van der Waals surface area contributed by atoms with Gasteiger partial charge in [-0.15, -0.1) is 0 Å². The Morgan fingerprint density at radius 3 is 3.00 bits per heavy atom. The van der Waals surface area contributed by atoms with Crippen LogP contribution in [0.25, 0.3) is 0 Å². The molecule has 0 bridgehead atoms. The van der Waals surface area contributed by atoms with E-state index in [1.165, 1.54) is 17.8 Å². The van der Waals surface area contributed by atoms with Crippen molar-refractivity contribution in [3.8, 4) is 0 Å². The van der Waals surface area contributed by atoms with Crippen LogP contribution in [-0.2, 0) is 0 Å². The molecule has 0 saturated heterocycles. The Kier molecular flexibility index (Phi) is 3.96. The van der Waals surface area contributed by atoms with Gasteiger partial charge in [-0.05, 0) is 36.1 Å². The Labute approximate surface area is 99.5 Å². The van der Waals surface area contributed by atoms with E-state index in [2.05, 4.69) is 5.32 Å². The Morgan fingerprint density at radius 2 is 2.31 bits per heavy atom. The zero-order valence-electron chi connectivity index (χ0n) is 9.19. The van der Waals surface area contributed by atoms with Gasteiger partial charge in [0, 0.05) is 24.1 Å². The predicted molar refractivity (Wildman–Crippen MR) is 64.6 cm³/mol. The summed E-state index contributed by atoms with van der Waals surface area (Å²) in [5.74, 6) is 0.834. The van der Waals surface area contributed by atoms with Crippen LogP contribution in [0.3, 0.4) is 0 Å². The first-order valence-electron chi connectivity index (χ1n) is 5.72. The molecule has 0 spiro atoms. The van der Waals surface area contributed by atoms with Crippen molar-refractivity contribution in [3.05, 3.63) is 22.4 Å². The summed E-state index contributed by atoms with van der Waals surface area (Å²) in [6.45, 7) is 0.943. The summed E-state index contributed by atoms with van der Waals surface area (Å²) in [5.41, 5.74) is 0.739. The van der Waals surface area contributed by atoms with E-state index >= 15 is 0 Å². The molecule has 4 heteroatoms. The van der Waals surface area contributed by atoms with Gasteiger partial charge in [-0.2, -0.15) is 11.3 Å². The Bertz CT molecular complexity index is 337. The van der Waals surface area contributed by atoms with Crippen LogP contribution < -0.4 is 5.32 Å². The van der Waals surface area contributed by atoms with Crippen molar-refractivity contribution in [2.75, 3.05) is 13.2 Å². The second-order valence-electron chi connectivity index (χ2n) is 4.36. The third kappa shape index (κ3) is 2.62. The summed E-state index contributed by atoms with van der Waals surface area (Å²) in [7, 11) is 0. The summed E-state index contributed by atoms with van der Waals surface area (Å²) < 4.78 is 0. The monoisotopic (exact) mass is 239 g/mol. The number of amides is 1. The molecular formula is C12H17NO2S. The van der Waals surface area contributed by atoms with Gasteiger partial charge >= 0.3 is 0 Å². The number of carbonyl (C=O) groups is 1. The summed E-state index contributed by atoms with van der Waals surface area (Å²) in [6.07, 6.45) is 3.38. The van der Waals surface area contributed by atoms with Gasteiger partial charge in [-0.25, -0.2) is 0 Å². The number of aliphatic hydroxyl groups is 1. The molecule has 1 aliphatic rings. The van der Waals surface area contributed by atoms with Crippen LogP contribution in [0, 0.1) is 11.8 Å². The number of hydrogen-bond donors (Lipinski definition) is 2. The van der Waals surface area contributed by atoms with Gasteiger partial charge in [0.1, 0.15) is 0 Å². The molecule has 1 aromatic rings. The molecule has 3 nitrogen and oxygen atoms in total. The summed E-state index contributed by atoms with van der Waals surface area (Å²) in [4.78, 5) is 11.7.